The fourth-order valence-corrected chi connectivity index (χ4v) is 3.89. The van der Waals surface area contributed by atoms with Gasteiger partial charge in [-0.25, -0.2) is 0 Å². The zero-order valence-electron chi connectivity index (χ0n) is 15.2. The van der Waals surface area contributed by atoms with Gasteiger partial charge in [0.05, 0.1) is 30.7 Å². The van der Waals surface area contributed by atoms with Crippen LogP contribution in [-0.4, -0.2) is 59.3 Å². The first-order valence-electron chi connectivity index (χ1n) is 9.14. The Kier molecular flexibility index (Phi) is 4.85. The molecule has 4 rings (SSSR count). The summed E-state index contributed by atoms with van der Waals surface area (Å²) in [7, 11) is 0. The topological polar surface area (TPSA) is 84.4 Å². The van der Waals surface area contributed by atoms with Crippen molar-refractivity contribution < 1.29 is 14.3 Å². The van der Waals surface area contributed by atoms with E-state index >= 15 is 0 Å². The number of benzene rings is 1. The van der Waals surface area contributed by atoms with Crippen molar-refractivity contribution in [1.29, 1.82) is 0 Å². The molecule has 2 fully saturated rings. The molecule has 0 bridgehead atoms. The summed E-state index contributed by atoms with van der Waals surface area (Å²) >= 11 is 0. The number of ether oxygens (including phenoxy) is 1. The van der Waals surface area contributed by atoms with Gasteiger partial charge in [-0.15, -0.1) is 0 Å². The number of rotatable bonds is 4. The highest BCUT2D eigenvalue weighted by atomic mass is 16.5. The largest absolute Gasteiger partial charge is 0.376 e. The Labute approximate surface area is 157 Å². The average Bonchev–Trinajstić information content (AvgIpc) is 3.27. The Morgan fingerprint density at radius 3 is 2.89 bits per heavy atom. The number of aryl methyl sites for hydroxylation is 1. The Morgan fingerprint density at radius 2 is 2.11 bits per heavy atom. The minimum absolute atomic E-state index is 0.0438. The third kappa shape index (κ3) is 3.68. The van der Waals surface area contributed by atoms with E-state index in [0.717, 1.165) is 5.56 Å². The number of fused-ring (bicyclic) bond motifs is 1. The van der Waals surface area contributed by atoms with E-state index in [-0.39, 0.29) is 29.8 Å². The van der Waals surface area contributed by atoms with Gasteiger partial charge in [0.2, 0.25) is 0 Å². The number of carbonyl (C=O) groups excluding carboxylic acids is 2. The van der Waals surface area contributed by atoms with Gasteiger partial charge in [-0.1, -0.05) is 17.7 Å². The maximum absolute atomic E-state index is 12.8. The number of amides is 2. The number of hydrogen-bond donors (Lipinski definition) is 1. The molecule has 2 amide bonds. The Bertz CT molecular complexity index is 842. The van der Waals surface area contributed by atoms with Crippen LogP contribution in [0, 0.1) is 18.8 Å². The molecule has 7 nitrogen and oxygen atoms in total. The maximum Gasteiger partial charge on any atom is 0.253 e. The standard InChI is InChI=1S/C20H22N4O3/c1-13-3-2-4-14(7-13)20(26)24-10-17-16(12-27-18(17)11-24)8-21-19(25)15-5-6-22-23-9-15/h2-7,9,16-18H,8,10-12H2,1H3,(H,21,25)/t16-,17-,18-/m1/s1. The minimum Gasteiger partial charge on any atom is -0.376 e. The van der Waals surface area contributed by atoms with E-state index in [1.54, 1.807) is 6.07 Å². The van der Waals surface area contributed by atoms with Crippen molar-refractivity contribution >= 4 is 11.8 Å². The minimum atomic E-state index is -0.168. The lowest BCUT2D eigenvalue weighted by Gasteiger charge is -2.20. The Balaban J connectivity index is 1.36. The number of nitrogens with zero attached hydrogens (tertiary/aromatic N) is 3. The summed E-state index contributed by atoms with van der Waals surface area (Å²) in [6, 6.07) is 9.29. The van der Waals surface area contributed by atoms with Crippen LogP contribution in [0.15, 0.2) is 42.7 Å². The number of nitrogens with one attached hydrogen (secondary N) is 1. The van der Waals surface area contributed by atoms with Crippen molar-refractivity contribution in [3.8, 4) is 0 Å². The summed E-state index contributed by atoms with van der Waals surface area (Å²) in [4.78, 5) is 26.8. The van der Waals surface area contributed by atoms with Crippen LogP contribution in [0.2, 0.25) is 0 Å². The van der Waals surface area contributed by atoms with Gasteiger partial charge >= 0.3 is 0 Å². The molecule has 2 aromatic rings. The Morgan fingerprint density at radius 1 is 1.22 bits per heavy atom. The third-order valence-corrected chi connectivity index (χ3v) is 5.36. The first-order chi connectivity index (χ1) is 13.1. The molecule has 1 N–H and O–H groups in total. The van der Waals surface area contributed by atoms with E-state index < -0.39 is 0 Å². The molecule has 0 unspecified atom stereocenters. The predicted molar refractivity (Wildman–Crippen MR) is 98.2 cm³/mol. The molecular formula is C20H22N4O3. The van der Waals surface area contributed by atoms with Crippen molar-refractivity contribution in [3.63, 3.8) is 0 Å². The molecule has 27 heavy (non-hydrogen) atoms. The van der Waals surface area contributed by atoms with Gasteiger partial charge in [-0.3, -0.25) is 9.59 Å². The van der Waals surface area contributed by atoms with Gasteiger partial charge < -0.3 is 15.0 Å². The summed E-state index contributed by atoms with van der Waals surface area (Å²) in [5.41, 5.74) is 2.27. The molecule has 2 aliphatic heterocycles. The summed E-state index contributed by atoms with van der Waals surface area (Å²) in [5, 5.41) is 10.3. The predicted octanol–water partition coefficient (Wildman–Crippen LogP) is 1.30. The molecule has 1 aromatic heterocycles. The summed E-state index contributed by atoms with van der Waals surface area (Å²) in [6.45, 7) is 4.38. The fourth-order valence-electron chi connectivity index (χ4n) is 3.89. The quantitative estimate of drug-likeness (QED) is 0.882. The molecule has 0 saturated carbocycles. The molecule has 3 heterocycles. The maximum atomic E-state index is 12.8. The summed E-state index contributed by atoms with van der Waals surface area (Å²) < 4.78 is 5.90. The second-order valence-corrected chi connectivity index (χ2v) is 7.22. The summed E-state index contributed by atoms with van der Waals surface area (Å²) in [6.07, 6.45) is 2.99. The highest BCUT2D eigenvalue weighted by molar-refractivity contribution is 5.95. The van der Waals surface area contributed by atoms with E-state index in [4.69, 9.17) is 4.74 Å². The SMILES string of the molecule is Cc1cccc(C(=O)N2C[C@@H]3[C@H](CNC(=O)c4ccnnc4)CO[C@@H]3C2)c1. The normalized spacial score (nSPS) is 23.9. The van der Waals surface area contributed by atoms with E-state index in [1.165, 1.54) is 12.4 Å². The smallest absolute Gasteiger partial charge is 0.253 e. The van der Waals surface area contributed by atoms with Crippen molar-refractivity contribution in [3.05, 3.63) is 59.4 Å². The van der Waals surface area contributed by atoms with Crippen LogP contribution in [0.25, 0.3) is 0 Å². The summed E-state index contributed by atoms with van der Waals surface area (Å²) in [5.74, 6) is 0.320. The van der Waals surface area contributed by atoms with Crippen molar-refractivity contribution in [2.75, 3.05) is 26.2 Å². The molecule has 7 heteroatoms. The molecular weight excluding hydrogens is 344 g/mol. The van der Waals surface area contributed by atoms with Crippen LogP contribution in [0.5, 0.6) is 0 Å². The van der Waals surface area contributed by atoms with Crippen molar-refractivity contribution in [2.24, 2.45) is 11.8 Å². The second-order valence-electron chi connectivity index (χ2n) is 7.22. The van der Waals surface area contributed by atoms with Gasteiger partial charge in [0.15, 0.2) is 0 Å². The lowest BCUT2D eigenvalue weighted by Crippen LogP contribution is -2.35. The average molecular weight is 366 g/mol. The van der Waals surface area contributed by atoms with Crippen LogP contribution < -0.4 is 5.32 Å². The third-order valence-electron chi connectivity index (χ3n) is 5.36. The molecule has 2 saturated heterocycles. The molecule has 0 spiro atoms. The lowest BCUT2D eigenvalue weighted by molar-refractivity contribution is 0.0674. The number of aromatic nitrogens is 2. The monoisotopic (exact) mass is 366 g/mol. The van der Waals surface area contributed by atoms with E-state index in [0.29, 0.717) is 37.4 Å². The zero-order valence-corrected chi connectivity index (χ0v) is 15.2. The van der Waals surface area contributed by atoms with Crippen LogP contribution in [-0.2, 0) is 4.74 Å². The van der Waals surface area contributed by atoms with E-state index in [2.05, 4.69) is 15.5 Å². The van der Waals surface area contributed by atoms with Gasteiger partial charge in [0.25, 0.3) is 11.8 Å². The Hall–Kier alpha value is -2.80. The molecule has 0 radical (unpaired) electrons. The zero-order chi connectivity index (χ0) is 18.8. The first-order valence-corrected chi connectivity index (χ1v) is 9.14. The van der Waals surface area contributed by atoms with Gasteiger partial charge in [0.1, 0.15) is 0 Å². The number of carbonyl (C=O) groups is 2. The van der Waals surface area contributed by atoms with Crippen LogP contribution in [0.4, 0.5) is 0 Å². The van der Waals surface area contributed by atoms with Crippen LogP contribution >= 0.6 is 0 Å². The fraction of sp³-hybridized carbons (Fsp3) is 0.400. The van der Waals surface area contributed by atoms with Crippen LogP contribution in [0.3, 0.4) is 0 Å². The molecule has 0 aliphatic carbocycles. The molecule has 3 atom stereocenters. The lowest BCUT2D eigenvalue weighted by atomic mass is 9.93. The van der Waals surface area contributed by atoms with Crippen molar-refractivity contribution in [2.45, 2.75) is 13.0 Å². The number of likely N-dealkylation sites (tertiary alicyclic amines) is 1. The van der Waals surface area contributed by atoms with Gasteiger partial charge in [-0.05, 0) is 25.1 Å². The highest BCUT2D eigenvalue weighted by Crippen LogP contribution is 2.34. The molecule has 2 aliphatic rings. The van der Waals surface area contributed by atoms with E-state index in [9.17, 15) is 9.59 Å². The van der Waals surface area contributed by atoms with Crippen LogP contribution in [0.1, 0.15) is 26.3 Å². The van der Waals surface area contributed by atoms with Gasteiger partial charge in [0, 0.05) is 37.0 Å². The first kappa shape index (κ1) is 17.6. The molecule has 1 aromatic carbocycles. The van der Waals surface area contributed by atoms with Crippen molar-refractivity contribution in [1.82, 2.24) is 20.4 Å². The molecule has 140 valence electrons. The number of hydrogen-bond acceptors (Lipinski definition) is 5. The second kappa shape index (κ2) is 7.44. The highest BCUT2D eigenvalue weighted by Gasteiger charge is 2.45. The van der Waals surface area contributed by atoms with E-state index in [1.807, 2.05) is 36.1 Å². The van der Waals surface area contributed by atoms with Gasteiger partial charge in [-0.2, -0.15) is 10.2 Å².